The van der Waals surface area contributed by atoms with Crippen molar-refractivity contribution in [2.45, 2.75) is 11.3 Å². The number of ether oxygens (including phenoxy) is 2. The summed E-state index contributed by atoms with van der Waals surface area (Å²) in [4.78, 5) is -0.466. The highest BCUT2D eigenvalue weighted by Gasteiger charge is 2.29. The Bertz CT molecular complexity index is 1060. The average Bonchev–Trinajstić information content (AvgIpc) is 2.74. The summed E-state index contributed by atoms with van der Waals surface area (Å²) in [5.74, 6) is -0.633. The highest BCUT2D eigenvalue weighted by molar-refractivity contribution is 7.92. The van der Waals surface area contributed by atoms with Gasteiger partial charge < -0.3 is 9.47 Å². The zero-order valence-electron chi connectivity index (χ0n) is 16.2. The number of para-hydroxylation sites is 1. The molecule has 0 aromatic heterocycles. The molecule has 3 rings (SSSR count). The number of benzene rings is 3. The van der Waals surface area contributed by atoms with E-state index in [4.69, 9.17) is 9.47 Å². The third-order valence-electron chi connectivity index (χ3n) is 4.50. The summed E-state index contributed by atoms with van der Waals surface area (Å²) in [5, 5.41) is 0. The predicted molar refractivity (Wildman–Crippen MR) is 111 cm³/mol. The van der Waals surface area contributed by atoms with Crippen molar-refractivity contribution in [2.75, 3.05) is 25.1 Å². The molecule has 0 unspecified atom stereocenters. The lowest BCUT2D eigenvalue weighted by Crippen LogP contribution is -2.33. The van der Waals surface area contributed by atoms with E-state index in [1.54, 1.807) is 30.3 Å². The van der Waals surface area contributed by atoms with Gasteiger partial charge in [0, 0.05) is 18.7 Å². The van der Waals surface area contributed by atoms with Crippen LogP contribution in [0.4, 0.5) is 10.1 Å². The second-order valence-corrected chi connectivity index (χ2v) is 8.12. The molecule has 0 bridgehead atoms. The Labute approximate surface area is 170 Å². The lowest BCUT2D eigenvalue weighted by molar-refractivity contribution is 0.350. The third-order valence-corrected chi connectivity index (χ3v) is 6.34. The van der Waals surface area contributed by atoms with Crippen molar-refractivity contribution in [3.05, 3.63) is 84.2 Å². The van der Waals surface area contributed by atoms with Gasteiger partial charge in [0.1, 0.15) is 10.7 Å². The van der Waals surface area contributed by atoms with E-state index >= 15 is 0 Å². The fourth-order valence-electron chi connectivity index (χ4n) is 3.01. The summed E-state index contributed by atoms with van der Waals surface area (Å²) < 4.78 is 53.1. The van der Waals surface area contributed by atoms with Crippen LogP contribution in [0, 0.1) is 5.82 Å². The van der Waals surface area contributed by atoms with Gasteiger partial charge in [-0.1, -0.05) is 48.5 Å². The maximum atomic E-state index is 14.7. The molecule has 0 aliphatic heterocycles. The van der Waals surface area contributed by atoms with Gasteiger partial charge in [0.2, 0.25) is 0 Å². The Kier molecular flexibility index (Phi) is 6.39. The van der Waals surface area contributed by atoms with Crippen LogP contribution in [-0.4, -0.2) is 29.2 Å². The molecule has 5 nitrogen and oxygen atoms in total. The molecule has 0 atom stereocenters. The monoisotopic (exact) mass is 415 g/mol. The first-order valence-electron chi connectivity index (χ1n) is 9.00. The Balaban J connectivity index is 2.04. The molecular formula is C22H22FNO4S. The van der Waals surface area contributed by atoms with Gasteiger partial charge in [0.15, 0.2) is 11.5 Å². The molecule has 0 radical (unpaired) electrons. The van der Waals surface area contributed by atoms with Crippen molar-refractivity contribution in [3.63, 3.8) is 0 Å². The van der Waals surface area contributed by atoms with Crippen LogP contribution in [0.5, 0.6) is 11.5 Å². The van der Waals surface area contributed by atoms with E-state index in [2.05, 4.69) is 0 Å². The first-order chi connectivity index (χ1) is 14.0. The molecule has 0 aliphatic rings. The Morgan fingerprint density at radius 2 is 1.41 bits per heavy atom. The summed E-state index contributed by atoms with van der Waals surface area (Å²) in [6.45, 7) is 0.157. The van der Waals surface area contributed by atoms with Gasteiger partial charge in [-0.15, -0.1) is 0 Å². The minimum absolute atomic E-state index is 0.125. The van der Waals surface area contributed by atoms with Gasteiger partial charge in [-0.3, -0.25) is 4.31 Å². The predicted octanol–water partition coefficient (Wildman–Crippen LogP) is 4.28. The Morgan fingerprint density at radius 1 is 0.862 bits per heavy atom. The summed E-state index contributed by atoms with van der Waals surface area (Å²) in [6.07, 6.45) is 0.476. The molecule has 7 heteroatoms. The molecule has 0 fully saturated rings. The van der Waals surface area contributed by atoms with Crippen molar-refractivity contribution in [2.24, 2.45) is 0 Å². The molecule has 3 aromatic carbocycles. The standard InChI is InChI=1S/C22H22FNO4S/c1-27-20-15-19(23)22(16-21(20)28-2)29(25,26)24(18-11-7-4-8-12-18)14-13-17-9-5-3-6-10-17/h3-12,15-16H,13-14H2,1-2H3. The lowest BCUT2D eigenvalue weighted by Gasteiger charge is -2.25. The minimum Gasteiger partial charge on any atom is -0.493 e. The molecule has 0 saturated heterocycles. The number of halogens is 1. The number of anilines is 1. The van der Waals surface area contributed by atoms with Crippen LogP contribution in [0.25, 0.3) is 0 Å². The van der Waals surface area contributed by atoms with Gasteiger partial charge in [0.05, 0.1) is 19.9 Å². The minimum atomic E-state index is -4.19. The number of nitrogens with zero attached hydrogens (tertiary/aromatic N) is 1. The maximum absolute atomic E-state index is 14.7. The average molecular weight is 415 g/mol. The number of hydrogen-bond acceptors (Lipinski definition) is 4. The summed E-state index contributed by atoms with van der Waals surface area (Å²) >= 11 is 0. The Morgan fingerprint density at radius 3 is 2.00 bits per heavy atom. The van der Waals surface area contributed by atoms with Crippen molar-refractivity contribution in [1.29, 1.82) is 0 Å². The van der Waals surface area contributed by atoms with Crippen LogP contribution in [0.15, 0.2) is 77.7 Å². The van der Waals surface area contributed by atoms with Crippen molar-refractivity contribution >= 4 is 15.7 Å². The molecule has 152 valence electrons. The highest BCUT2D eigenvalue weighted by Crippen LogP contribution is 2.34. The van der Waals surface area contributed by atoms with Crippen LogP contribution < -0.4 is 13.8 Å². The van der Waals surface area contributed by atoms with Gasteiger partial charge in [-0.25, -0.2) is 12.8 Å². The van der Waals surface area contributed by atoms with E-state index in [1.807, 2.05) is 30.3 Å². The van der Waals surface area contributed by atoms with E-state index < -0.39 is 20.7 Å². The molecule has 0 N–H and O–H groups in total. The molecule has 0 amide bonds. The van der Waals surface area contributed by atoms with Crippen LogP contribution in [0.2, 0.25) is 0 Å². The van der Waals surface area contributed by atoms with Crippen molar-refractivity contribution in [3.8, 4) is 11.5 Å². The van der Waals surface area contributed by atoms with E-state index in [1.165, 1.54) is 18.5 Å². The first-order valence-corrected chi connectivity index (χ1v) is 10.4. The van der Waals surface area contributed by atoms with E-state index in [0.29, 0.717) is 12.1 Å². The molecular weight excluding hydrogens is 393 g/mol. The summed E-state index contributed by atoms with van der Waals surface area (Å²) in [7, 11) is -1.46. The second-order valence-electron chi connectivity index (χ2n) is 6.29. The second kappa shape index (κ2) is 8.96. The SMILES string of the molecule is COc1cc(F)c(S(=O)(=O)N(CCc2ccccc2)c2ccccc2)cc1OC. The smallest absolute Gasteiger partial charge is 0.267 e. The number of sulfonamides is 1. The van der Waals surface area contributed by atoms with Crippen LogP contribution >= 0.6 is 0 Å². The lowest BCUT2D eigenvalue weighted by atomic mass is 10.1. The van der Waals surface area contributed by atoms with Crippen LogP contribution in [-0.2, 0) is 16.4 Å². The number of rotatable bonds is 8. The fourth-order valence-corrected chi connectivity index (χ4v) is 4.54. The van der Waals surface area contributed by atoms with E-state index in [0.717, 1.165) is 17.7 Å². The maximum Gasteiger partial charge on any atom is 0.267 e. The zero-order chi connectivity index (χ0) is 20.9. The molecule has 0 aliphatic carbocycles. The quantitative estimate of drug-likeness (QED) is 0.551. The van der Waals surface area contributed by atoms with Crippen molar-refractivity contribution < 1.29 is 22.3 Å². The number of methoxy groups -OCH3 is 2. The molecule has 0 heterocycles. The van der Waals surface area contributed by atoms with E-state index in [9.17, 15) is 12.8 Å². The third kappa shape index (κ3) is 4.51. The van der Waals surface area contributed by atoms with Gasteiger partial charge in [-0.2, -0.15) is 0 Å². The molecule has 0 spiro atoms. The molecule has 29 heavy (non-hydrogen) atoms. The topological polar surface area (TPSA) is 55.8 Å². The largest absolute Gasteiger partial charge is 0.493 e. The first kappa shape index (κ1) is 20.7. The fraction of sp³-hybridized carbons (Fsp3) is 0.182. The van der Waals surface area contributed by atoms with Gasteiger partial charge in [0.25, 0.3) is 10.0 Å². The summed E-state index contributed by atoms with van der Waals surface area (Å²) in [5.41, 5.74) is 1.44. The van der Waals surface area contributed by atoms with Crippen molar-refractivity contribution in [1.82, 2.24) is 0 Å². The highest BCUT2D eigenvalue weighted by atomic mass is 32.2. The zero-order valence-corrected chi connectivity index (χ0v) is 17.0. The van der Waals surface area contributed by atoms with Crippen LogP contribution in [0.3, 0.4) is 0 Å². The molecule has 0 saturated carbocycles. The summed E-state index contributed by atoms with van der Waals surface area (Å²) in [6, 6.07) is 20.3. The normalized spacial score (nSPS) is 11.1. The van der Waals surface area contributed by atoms with Crippen LogP contribution in [0.1, 0.15) is 5.56 Å². The van der Waals surface area contributed by atoms with E-state index in [-0.39, 0.29) is 18.0 Å². The van der Waals surface area contributed by atoms with Gasteiger partial charge in [-0.05, 0) is 24.1 Å². The Hall–Kier alpha value is -3.06. The molecule has 3 aromatic rings. The number of hydrogen-bond donors (Lipinski definition) is 0. The van der Waals surface area contributed by atoms with Gasteiger partial charge >= 0.3 is 0 Å².